The summed E-state index contributed by atoms with van der Waals surface area (Å²) < 4.78 is 0.865. The standard InChI is InChI=1S/C14H19ClN2S2/c1-2-17(11-13-4-3-9-18-13)8-7-16-10-12-5-6-14(15)19-12/h3-6,9,16H,2,7-8,10-11H2,1H3. The van der Waals surface area contributed by atoms with E-state index in [1.54, 1.807) is 11.3 Å². The van der Waals surface area contributed by atoms with E-state index in [2.05, 4.69) is 40.7 Å². The molecule has 2 heterocycles. The molecule has 0 radical (unpaired) electrons. The van der Waals surface area contributed by atoms with Crippen molar-refractivity contribution in [1.29, 1.82) is 0 Å². The van der Waals surface area contributed by atoms with Gasteiger partial charge in [0.15, 0.2) is 0 Å². The van der Waals surface area contributed by atoms with Gasteiger partial charge in [-0.25, -0.2) is 0 Å². The summed E-state index contributed by atoms with van der Waals surface area (Å²) in [5.41, 5.74) is 0. The van der Waals surface area contributed by atoms with E-state index in [1.165, 1.54) is 9.75 Å². The predicted octanol–water partition coefficient (Wildman–Crippen LogP) is 4.07. The molecule has 0 spiro atoms. The Kier molecular flexibility index (Phi) is 6.34. The molecule has 2 nitrogen and oxygen atoms in total. The maximum atomic E-state index is 5.91. The molecule has 0 aromatic carbocycles. The molecule has 104 valence electrons. The molecule has 0 unspecified atom stereocenters. The molecule has 2 aromatic heterocycles. The van der Waals surface area contributed by atoms with Crippen molar-refractivity contribution in [3.63, 3.8) is 0 Å². The van der Waals surface area contributed by atoms with E-state index < -0.39 is 0 Å². The average Bonchev–Trinajstić information content (AvgIpc) is 3.05. The number of rotatable bonds is 8. The monoisotopic (exact) mass is 314 g/mol. The maximum Gasteiger partial charge on any atom is 0.0931 e. The molecule has 0 aliphatic rings. The first-order valence-corrected chi connectivity index (χ1v) is 8.55. The van der Waals surface area contributed by atoms with E-state index >= 15 is 0 Å². The van der Waals surface area contributed by atoms with Crippen LogP contribution in [0.5, 0.6) is 0 Å². The fraction of sp³-hybridized carbons (Fsp3) is 0.429. The van der Waals surface area contributed by atoms with Crippen molar-refractivity contribution in [2.75, 3.05) is 19.6 Å². The van der Waals surface area contributed by atoms with Gasteiger partial charge in [-0.15, -0.1) is 22.7 Å². The number of likely N-dealkylation sites (N-methyl/N-ethyl adjacent to an activating group) is 1. The summed E-state index contributed by atoms with van der Waals surface area (Å²) in [5, 5.41) is 5.61. The first-order chi connectivity index (χ1) is 9.28. The molecule has 5 heteroatoms. The second-order valence-electron chi connectivity index (χ2n) is 4.33. The van der Waals surface area contributed by atoms with Gasteiger partial charge in [0.25, 0.3) is 0 Å². The molecule has 0 aliphatic carbocycles. The van der Waals surface area contributed by atoms with Crippen molar-refractivity contribution in [3.8, 4) is 0 Å². The molecular formula is C14H19ClN2S2. The van der Waals surface area contributed by atoms with Gasteiger partial charge in [0.1, 0.15) is 0 Å². The molecule has 19 heavy (non-hydrogen) atoms. The Hall–Kier alpha value is -0.390. The number of nitrogens with zero attached hydrogens (tertiary/aromatic N) is 1. The van der Waals surface area contributed by atoms with Gasteiger partial charge >= 0.3 is 0 Å². The Morgan fingerprint density at radius 3 is 2.79 bits per heavy atom. The van der Waals surface area contributed by atoms with Crippen LogP contribution in [0.15, 0.2) is 29.6 Å². The van der Waals surface area contributed by atoms with Crippen LogP contribution in [0.1, 0.15) is 16.7 Å². The van der Waals surface area contributed by atoms with Crippen molar-refractivity contribution in [1.82, 2.24) is 10.2 Å². The van der Waals surface area contributed by atoms with Crippen molar-refractivity contribution < 1.29 is 0 Å². The van der Waals surface area contributed by atoms with E-state index in [9.17, 15) is 0 Å². The molecule has 1 N–H and O–H groups in total. The number of nitrogens with one attached hydrogen (secondary N) is 1. The van der Waals surface area contributed by atoms with E-state index in [0.29, 0.717) is 0 Å². The van der Waals surface area contributed by atoms with Crippen molar-refractivity contribution in [2.45, 2.75) is 20.0 Å². The Balaban J connectivity index is 1.66. The van der Waals surface area contributed by atoms with E-state index in [-0.39, 0.29) is 0 Å². The lowest BCUT2D eigenvalue weighted by molar-refractivity contribution is 0.281. The van der Waals surface area contributed by atoms with E-state index in [1.807, 2.05) is 17.4 Å². The van der Waals surface area contributed by atoms with Crippen LogP contribution in [0.2, 0.25) is 4.34 Å². The highest BCUT2D eigenvalue weighted by atomic mass is 35.5. The van der Waals surface area contributed by atoms with Crippen LogP contribution in [-0.4, -0.2) is 24.5 Å². The zero-order valence-corrected chi connectivity index (χ0v) is 13.5. The van der Waals surface area contributed by atoms with Gasteiger partial charge in [-0.3, -0.25) is 4.90 Å². The normalized spacial score (nSPS) is 11.3. The predicted molar refractivity (Wildman–Crippen MR) is 86.3 cm³/mol. The van der Waals surface area contributed by atoms with Crippen molar-refractivity contribution in [2.24, 2.45) is 0 Å². The van der Waals surface area contributed by atoms with Crippen molar-refractivity contribution >= 4 is 34.3 Å². The summed E-state index contributed by atoms with van der Waals surface area (Å²) in [6.45, 7) is 7.36. The zero-order chi connectivity index (χ0) is 13.5. The van der Waals surface area contributed by atoms with Crippen LogP contribution in [-0.2, 0) is 13.1 Å². The third-order valence-electron chi connectivity index (χ3n) is 2.94. The Morgan fingerprint density at radius 1 is 1.26 bits per heavy atom. The summed E-state index contributed by atoms with van der Waals surface area (Å²) in [6.07, 6.45) is 0. The highest BCUT2D eigenvalue weighted by Gasteiger charge is 2.04. The van der Waals surface area contributed by atoms with Gasteiger partial charge < -0.3 is 5.32 Å². The van der Waals surface area contributed by atoms with E-state index in [0.717, 1.165) is 37.1 Å². The average molecular weight is 315 g/mol. The lowest BCUT2D eigenvalue weighted by atomic mass is 10.4. The minimum Gasteiger partial charge on any atom is -0.311 e. The van der Waals surface area contributed by atoms with Gasteiger partial charge in [0.05, 0.1) is 4.34 Å². The number of hydrogen-bond acceptors (Lipinski definition) is 4. The second kappa shape index (κ2) is 8.02. The second-order valence-corrected chi connectivity index (χ2v) is 7.16. The zero-order valence-electron chi connectivity index (χ0n) is 11.1. The number of hydrogen-bond donors (Lipinski definition) is 1. The molecule has 0 atom stereocenters. The molecule has 0 amide bonds. The van der Waals surface area contributed by atoms with E-state index in [4.69, 9.17) is 11.6 Å². The summed E-state index contributed by atoms with van der Waals surface area (Å²) in [4.78, 5) is 5.19. The van der Waals surface area contributed by atoms with Gasteiger partial charge in [-0.1, -0.05) is 24.6 Å². The number of thiophene rings is 2. The quantitative estimate of drug-likeness (QED) is 0.739. The first kappa shape index (κ1) is 15.0. The van der Waals surface area contributed by atoms with Crippen LogP contribution >= 0.6 is 34.3 Å². The highest BCUT2D eigenvalue weighted by Crippen LogP contribution is 2.20. The first-order valence-electron chi connectivity index (χ1n) is 6.47. The SMILES string of the molecule is CCN(CCNCc1ccc(Cl)s1)Cc1cccs1. The lowest BCUT2D eigenvalue weighted by Crippen LogP contribution is -2.31. The molecule has 0 aliphatic heterocycles. The molecule has 2 rings (SSSR count). The van der Waals surface area contributed by atoms with Crippen LogP contribution in [0.25, 0.3) is 0 Å². The molecular weight excluding hydrogens is 296 g/mol. The van der Waals surface area contributed by atoms with Gasteiger partial charge in [-0.05, 0) is 30.1 Å². The van der Waals surface area contributed by atoms with Crippen molar-refractivity contribution in [3.05, 3.63) is 43.7 Å². The fourth-order valence-electron chi connectivity index (χ4n) is 1.87. The Morgan fingerprint density at radius 2 is 2.16 bits per heavy atom. The molecule has 0 saturated carbocycles. The molecule has 2 aromatic rings. The summed E-state index contributed by atoms with van der Waals surface area (Å²) in [7, 11) is 0. The third kappa shape index (κ3) is 5.24. The summed E-state index contributed by atoms with van der Waals surface area (Å²) >= 11 is 9.39. The topological polar surface area (TPSA) is 15.3 Å². The van der Waals surface area contributed by atoms with Crippen LogP contribution in [0.4, 0.5) is 0 Å². The number of halogens is 1. The minimum atomic E-state index is 0.865. The van der Waals surface area contributed by atoms with Crippen LogP contribution in [0.3, 0.4) is 0 Å². The third-order valence-corrected chi connectivity index (χ3v) is 5.03. The summed E-state index contributed by atoms with van der Waals surface area (Å²) in [6, 6.07) is 8.36. The van der Waals surface area contributed by atoms with Crippen LogP contribution in [0, 0.1) is 0 Å². The van der Waals surface area contributed by atoms with Gasteiger partial charge in [0, 0.05) is 35.9 Å². The fourth-order valence-corrected chi connectivity index (χ4v) is 3.67. The van der Waals surface area contributed by atoms with Gasteiger partial charge in [0.2, 0.25) is 0 Å². The van der Waals surface area contributed by atoms with Crippen LogP contribution < -0.4 is 5.32 Å². The minimum absolute atomic E-state index is 0.865. The Labute approximate surface area is 128 Å². The highest BCUT2D eigenvalue weighted by molar-refractivity contribution is 7.16. The van der Waals surface area contributed by atoms with Gasteiger partial charge in [-0.2, -0.15) is 0 Å². The molecule has 0 fully saturated rings. The summed E-state index contributed by atoms with van der Waals surface area (Å²) in [5.74, 6) is 0. The maximum absolute atomic E-state index is 5.91. The molecule has 0 bridgehead atoms. The Bertz CT molecular complexity index is 468. The smallest absolute Gasteiger partial charge is 0.0931 e. The molecule has 0 saturated heterocycles. The lowest BCUT2D eigenvalue weighted by Gasteiger charge is -2.19. The largest absolute Gasteiger partial charge is 0.311 e.